The molecule has 0 aliphatic rings. The van der Waals surface area contributed by atoms with Gasteiger partial charge in [-0.3, -0.25) is 0 Å². The van der Waals surface area contributed by atoms with Gasteiger partial charge in [-0.15, -0.1) is 0 Å². The van der Waals surface area contributed by atoms with Gasteiger partial charge in [0.15, 0.2) is 0 Å². The first kappa shape index (κ1) is 12.8. The molecular formula is C15H16ClN2+. The van der Waals surface area contributed by atoms with Gasteiger partial charge < -0.3 is 11.1 Å². The fourth-order valence-electron chi connectivity index (χ4n) is 1.99. The van der Waals surface area contributed by atoms with Crippen molar-refractivity contribution < 1.29 is 5.73 Å². The highest BCUT2D eigenvalue weighted by Crippen LogP contribution is 2.20. The first-order valence-electron chi connectivity index (χ1n) is 5.91. The zero-order valence-electron chi connectivity index (χ0n) is 10.1. The SMILES string of the molecule is N=C(c1ccc(Cl)cc1)C(C[NH3+])c1ccccc1. The lowest BCUT2D eigenvalue weighted by molar-refractivity contribution is -0.368. The molecule has 18 heavy (non-hydrogen) atoms. The molecule has 2 aromatic rings. The van der Waals surface area contributed by atoms with E-state index in [1.54, 1.807) is 0 Å². The molecule has 0 aliphatic carbocycles. The number of hydrogen-bond donors (Lipinski definition) is 2. The van der Waals surface area contributed by atoms with Crippen molar-refractivity contribution >= 4 is 17.3 Å². The first-order chi connectivity index (χ1) is 8.72. The van der Waals surface area contributed by atoms with Crippen LogP contribution in [0.25, 0.3) is 0 Å². The molecule has 0 amide bonds. The average molecular weight is 260 g/mol. The van der Waals surface area contributed by atoms with Crippen LogP contribution in [-0.4, -0.2) is 12.3 Å². The molecule has 0 saturated carbocycles. The van der Waals surface area contributed by atoms with Gasteiger partial charge in [-0.1, -0.05) is 54.1 Å². The second-order valence-electron chi connectivity index (χ2n) is 4.17. The van der Waals surface area contributed by atoms with Crippen molar-refractivity contribution in [2.45, 2.75) is 5.92 Å². The predicted molar refractivity (Wildman–Crippen MR) is 75.2 cm³/mol. The lowest BCUT2D eigenvalue weighted by Crippen LogP contribution is -2.54. The van der Waals surface area contributed by atoms with Crippen LogP contribution in [0.2, 0.25) is 5.02 Å². The highest BCUT2D eigenvalue weighted by molar-refractivity contribution is 6.30. The highest BCUT2D eigenvalue weighted by atomic mass is 35.5. The van der Waals surface area contributed by atoms with Crippen LogP contribution in [0, 0.1) is 5.41 Å². The van der Waals surface area contributed by atoms with Crippen LogP contribution >= 0.6 is 11.6 Å². The van der Waals surface area contributed by atoms with E-state index in [4.69, 9.17) is 17.0 Å². The standard InChI is InChI=1S/C15H15ClN2/c16-13-8-6-12(7-9-13)15(18)14(10-17)11-4-2-1-3-5-11/h1-9,14,18H,10,17H2/p+1. The van der Waals surface area contributed by atoms with Crippen LogP contribution in [0.4, 0.5) is 0 Å². The molecule has 2 nitrogen and oxygen atoms in total. The molecule has 0 heterocycles. The molecule has 92 valence electrons. The average Bonchev–Trinajstić information content (AvgIpc) is 2.41. The van der Waals surface area contributed by atoms with E-state index >= 15 is 0 Å². The van der Waals surface area contributed by atoms with Gasteiger partial charge in [0.05, 0.1) is 18.2 Å². The Morgan fingerprint density at radius 3 is 2.22 bits per heavy atom. The Morgan fingerprint density at radius 1 is 1.06 bits per heavy atom. The van der Waals surface area contributed by atoms with Crippen molar-refractivity contribution in [2.75, 3.05) is 6.54 Å². The molecule has 0 bridgehead atoms. The summed E-state index contributed by atoms with van der Waals surface area (Å²) >= 11 is 5.86. The zero-order valence-corrected chi connectivity index (χ0v) is 10.8. The third-order valence-corrected chi connectivity index (χ3v) is 3.25. The predicted octanol–water partition coefficient (Wildman–Crippen LogP) is 2.73. The van der Waals surface area contributed by atoms with E-state index in [1.807, 2.05) is 54.6 Å². The molecule has 0 spiro atoms. The largest absolute Gasteiger partial charge is 0.357 e. The van der Waals surface area contributed by atoms with Gasteiger partial charge in [-0.2, -0.15) is 0 Å². The minimum Gasteiger partial charge on any atom is -0.357 e. The monoisotopic (exact) mass is 259 g/mol. The van der Waals surface area contributed by atoms with Crippen LogP contribution in [0.5, 0.6) is 0 Å². The lowest BCUT2D eigenvalue weighted by Gasteiger charge is -2.15. The van der Waals surface area contributed by atoms with Crippen LogP contribution < -0.4 is 5.73 Å². The van der Waals surface area contributed by atoms with Crippen molar-refractivity contribution in [1.29, 1.82) is 5.41 Å². The fourth-order valence-corrected chi connectivity index (χ4v) is 2.12. The molecule has 0 radical (unpaired) electrons. The number of halogens is 1. The number of quaternary nitrogens is 1. The summed E-state index contributed by atoms with van der Waals surface area (Å²) in [7, 11) is 0. The van der Waals surface area contributed by atoms with Gasteiger partial charge in [0, 0.05) is 5.02 Å². The third-order valence-electron chi connectivity index (χ3n) is 2.99. The Balaban J connectivity index is 2.28. The maximum absolute atomic E-state index is 8.31. The van der Waals surface area contributed by atoms with Crippen molar-refractivity contribution in [3.8, 4) is 0 Å². The maximum Gasteiger partial charge on any atom is 0.0866 e. The first-order valence-corrected chi connectivity index (χ1v) is 6.28. The molecule has 0 aromatic heterocycles. The molecule has 2 rings (SSSR count). The minimum atomic E-state index is 0.0346. The van der Waals surface area contributed by atoms with Gasteiger partial charge in [0.25, 0.3) is 0 Å². The minimum absolute atomic E-state index is 0.0346. The van der Waals surface area contributed by atoms with Crippen LogP contribution in [0.3, 0.4) is 0 Å². The van der Waals surface area contributed by atoms with E-state index in [-0.39, 0.29) is 5.92 Å². The van der Waals surface area contributed by atoms with E-state index < -0.39 is 0 Å². The van der Waals surface area contributed by atoms with Gasteiger partial charge >= 0.3 is 0 Å². The van der Waals surface area contributed by atoms with Crippen molar-refractivity contribution in [1.82, 2.24) is 0 Å². The summed E-state index contributed by atoms with van der Waals surface area (Å²) in [6.45, 7) is 0.672. The third kappa shape index (κ3) is 2.78. The number of nitrogens with one attached hydrogen (secondary N) is 1. The summed E-state index contributed by atoms with van der Waals surface area (Å²) in [5.74, 6) is 0.0346. The summed E-state index contributed by atoms with van der Waals surface area (Å²) in [5, 5.41) is 9.00. The molecule has 0 aliphatic heterocycles. The Bertz CT molecular complexity index is 520. The van der Waals surface area contributed by atoms with Crippen LogP contribution in [0.1, 0.15) is 17.0 Å². The molecule has 0 saturated heterocycles. The Kier molecular flexibility index (Phi) is 4.13. The number of hydrogen-bond acceptors (Lipinski definition) is 1. The van der Waals surface area contributed by atoms with Crippen molar-refractivity contribution in [3.05, 3.63) is 70.7 Å². The van der Waals surface area contributed by atoms with E-state index in [1.165, 1.54) is 0 Å². The van der Waals surface area contributed by atoms with Crippen molar-refractivity contribution in [3.63, 3.8) is 0 Å². The second-order valence-corrected chi connectivity index (χ2v) is 4.61. The van der Waals surface area contributed by atoms with Crippen molar-refractivity contribution in [2.24, 2.45) is 0 Å². The Hall–Kier alpha value is -1.64. The molecule has 3 heteroatoms. The van der Waals surface area contributed by atoms with Crippen LogP contribution in [0.15, 0.2) is 54.6 Å². The normalized spacial score (nSPS) is 12.1. The van der Waals surface area contributed by atoms with E-state index in [0.717, 1.165) is 11.1 Å². The van der Waals surface area contributed by atoms with E-state index in [2.05, 4.69) is 5.73 Å². The van der Waals surface area contributed by atoms with E-state index in [9.17, 15) is 0 Å². The number of benzene rings is 2. The molecule has 1 atom stereocenters. The molecule has 0 fully saturated rings. The van der Waals surface area contributed by atoms with Crippen LogP contribution in [-0.2, 0) is 0 Å². The quantitative estimate of drug-likeness (QED) is 0.794. The number of rotatable bonds is 4. The smallest absolute Gasteiger partial charge is 0.0866 e. The van der Waals surface area contributed by atoms with Gasteiger partial charge in [-0.05, 0) is 23.3 Å². The summed E-state index contributed by atoms with van der Waals surface area (Å²) in [6.07, 6.45) is 0. The molecule has 2 aromatic carbocycles. The second kappa shape index (κ2) is 5.80. The summed E-state index contributed by atoms with van der Waals surface area (Å²) in [5.41, 5.74) is 6.58. The Labute approximate surface area is 112 Å². The van der Waals surface area contributed by atoms with Gasteiger partial charge in [-0.25, -0.2) is 0 Å². The molecular weight excluding hydrogens is 244 g/mol. The molecule has 1 unspecified atom stereocenters. The van der Waals surface area contributed by atoms with E-state index in [0.29, 0.717) is 17.3 Å². The zero-order chi connectivity index (χ0) is 13.0. The summed E-state index contributed by atoms with van der Waals surface area (Å²) in [4.78, 5) is 0. The topological polar surface area (TPSA) is 51.5 Å². The maximum atomic E-state index is 8.31. The van der Waals surface area contributed by atoms with Gasteiger partial charge in [0.2, 0.25) is 0 Å². The lowest BCUT2D eigenvalue weighted by atomic mass is 9.90. The highest BCUT2D eigenvalue weighted by Gasteiger charge is 2.18. The summed E-state index contributed by atoms with van der Waals surface area (Å²) < 4.78 is 0. The molecule has 4 N–H and O–H groups in total. The fraction of sp³-hybridized carbons (Fsp3) is 0.133. The summed E-state index contributed by atoms with van der Waals surface area (Å²) in [6, 6.07) is 17.5. The Morgan fingerprint density at radius 2 is 1.67 bits per heavy atom. The van der Waals surface area contributed by atoms with Gasteiger partial charge in [0.1, 0.15) is 0 Å².